The molecule has 1 N–H and O–H groups in total. The molecule has 0 aliphatic rings. The number of rotatable bonds is 3. The van der Waals surface area contributed by atoms with Gasteiger partial charge in [0.25, 0.3) is 11.7 Å². The lowest BCUT2D eigenvalue weighted by Gasteiger charge is -2.11. The molecular formula is C14H7F3N2O2S. The number of carbonyl (C=O) groups is 2. The second kappa shape index (κ2) is 5.99. The van der Waals surface area contributed by atoms with Crippen LogP contribution in [-0.2, 0) is 11.0 Å². The van der Waals surface area contributed by atoms with Crippen LogP contribution in [0.5, 0.6) is 0 Å². The highest BCUT2D eigenvalue weighted by molar-refractivity contribution is 7.13. The lowest BCUT2D eigenvalue weighted by Crippen LogP contribution is -2.22. The van der Waals surface area contributed by atoms with Gasteiger partial charge in [0.15, 0.2) is 0 Å². The summed E-state index contributed by atoms with van der Waals surface area (Å²) in [6.07, 6.45) is -4.73. The molecule has 22 heavy (non-hydrogen) atoms. The number of hydrogen-bond donors (Lipinski definition) is 1. The van der Waals surface area contributed by atoms with Crippen LogP contribution in [-0.4, -0.2) is 11.7 Å². The first-order valence-corrected chi connectivity index (χ1v) is 6.71. The number of thiophene rings is 1. The molecule has 0 radical (unpaired) electrons. The number of nitrogens with zero attached hydrogens (tertiary/aromatic N) is 1. The molecule has 1 heterocycles. The summed E-state index contributed by atoms with van der Waals surface area (Å²) in [5.74, 6) is -1.88. The fourth-order valence-corrected chi connectivity index (χ4v) is 2.32. The van der Waals surface area contributed by atoms with Crippen LogP contribution >= 0.6 is 11.3 Å². The molecule has 0 aliphatic carbocycles. The lowest BCUT2D eigenvalue weighted by molar-refractivity contribution is -0.137. The van der Waals surface area contributed by atoms with Gasteiger partial charge in [0.2, 0.25) is 0 Å². The lowest BCUT2D eigenvalue weighted by atomic mass is 10.1. The summed E-state index contributed by atoms with van der Waals surface area (Å²) in [7, 11) is 0. The Morgan fingerprint density at radius 3 is 2.50 bits per heavy atom. The first-order chi connectivity index (χ1) is 10.3. The van der Waals surface area contributed by atoms with Gasteiger partial charge in [-0.15, -0.1) is 11.3 Å². The molecule has 2 aromatic rings. The number of amides is 1. The normalized spacial score (nSPS) is 10.8. The maximum Gasteiger partial charge on any atom is 0.417 e. The average Bonchev–Trinajstić information content (AvgIpc) is 2.99. The van der Waals surface area contributed by atoms with E-state index in [9.17, 15) is 22.8 Å². The van der Waals surface area contributed by atoms with E-state index in [-0.39, 0.29) is 10.6 Å². The maximum absolute atomic E-state index is 12.8. The van der Waals surface area contributed by atoms with Gasteiger partial charge in [-0.2, -0.15) is 18.4 Å². The van der Waals surface area contributed by atoms with Crippen molar-refractivity contribution in [3.8, 4) is 6.07 Å². The molecule has 0 fully saturated rings. The number of hydrogen-bond acceptors (Lipinski definition) is 4. The molecule has 1 aromatic heterocycles. The number of nitrogens with one attached hydrogen (secondary N) is 1. The Balaban J connectivity index is 2.26. The van der Waals surface area contributed by atoms with Crippen LogP contribution < -0.4 is 5.32 Å². The highest BCUT2D eigenvalue weighted by Gasteiger charge is 2.34. The molecule has 4 nitrogen and oxygen atoms in total. The molecule has 0 saturated carbocycles. The molecule has 0 spiro atoms. The molecular weight excluding hydrogens is 317 g/mol. The summed E-state index contributed by atoms with van der Waals surface area (Å²) < 4.78 is 38.4. The predicted molar refractivity (Wildman–Crippen MR) is 73.4 cm³/mol. The highest BCUT2D eigenvalue weighted by atomic mass is 32.1. The predicted octanol–water partition coefficient (Wildman–Crippen LogP) is 3.46. The van der Waals surface area contributed by atoms with Gasteiger partial charge < -0.3 is 5.32 Å². The third-order valence-electron chi connectivity index (χ3n) is 2.65. The van der Waals surface area contributed by atoms with Gasteiger partial charge in [0.1, 0.15) is 0 Å². The monoisotopic (exact) mass is 324 g/mol. The Morgan fingerprint density at radius 1 is 1.23 bits per heavy atom. The Hall–Kier alpha value is -2.66. The van der Waals surface area contributed by atoms with E-state index in [2.05, 4.69) is 5.32 Å². The zero-order valence-electron chi connectivity index (χ0n) is 10.8. The number of anilines is 1. The van der Waals surface area contributed by atoms with Gasteiger partial charge >= 0.3 is 6.18 Å². The van der Waals surface area contributed by atoms with Gasteiger partial charge in [-0.25, -0.2) is 0 Å². The molecule has 2 rings (SSSR count). The summed E-state index contributed by atoms with van der Waals surface area (Å²) in [5.41, 5.74) is -1.94. The van der Waals surface area contributed by atoms with E-state index >= 15 is 0 Å². The van der Waals surface area contributed by atoms with Crippen molar-refractivity contribution in [1.82, 2.24) is 0 Å². The molecule has 112 valence electrons. The number of Topliss-reactive ketones (excluding diaryl/α,β-unsaturated/α-hetero) is 1. The van der Waals surface area contributed by atoms with E-state index < -0.39 is 29.0 Å². The minimum absolute atomic E-state index is 0.183. The van der Waals surface area contributed by atoms with Gasteiger partial charge in [-0.1, -0.05) is 6.07 Å². The second-order valence-corrected chi connectivity index (χ2v) is 5.08. The van der Waals surface area contributed by atoms with Crippen LogP contribution in [0.4, 0.5) is 18.9 Å². The highest BCUT2D eigenvalue weighted by Crippen LogP contribution is 2.33. The number of carbonyl (C=O) groups excluding carboxylic acids is 2. The van der Waals surface area contributed by atoms with Crippen molar-refractivity contribution in [3.63, 3.8) is 0 Å². The van der Waals surface area contributed by atoms with Gasteiger partial charge in [-0.3, -0.25) is 9.59 Å². The fraction of sp³-hybridized carbons (Fsp3) is 0.0714. The number of nitriles is 1. The molecule has 0 saturated heterocycles. The van der Waals surface area contributed by atoms with E-state index in [1.807, 2.05) is 0 Å². The van der Waals surface area contributed by atoms with Crippen molar-refractivity contribution in [2.45, 2.75) is 6.18 Å². The standard InChI is InChI=1S/C14H7F3N2O2S/c15-14(16,17)10-6-9(4-3-8(10)7-18)19-13(21)12(20)11-2-1-5-22-11/h1-6H,(H,19,21). The summed E-state index contributed by atoms with van der Waals surface area (Å²) in [4.78, 5) is 23.6. The van der Waals surface area contributed by atoms with E-state index in [1.165, 1.54) is 12.1 Å². The number of ketones is 1. The quantitative estimate of drug-likeness (QED) is 0.694. The Kier molecular flexibility index (Phi) is 4.28. The van der Waals surface area contributed by atoms with E-state index in [4.69, 9.17) is 5.26 Å². The Bertz CT molecular complexity index is 761. The van der Waals surface area contributed by atoms with Crippen LogP contribution in [0.3, 0.4) is 0 Å². The first-order valence-electron chi connectivity index (χ1n) is 5.83. The van der Waals surface area contributed by atoms with Crippen LogP contribution in [0.2, 0.25) is 0 Å². The Morgan fingerprint density at radius 2 is 1.95 bits per heavy atom. The van der Waals surface area contributed by atoms with Crippen LogP contribution in [0.25, 0.3) is 0 Å². The van der Waals surface area contributed by atoms with Crippen molar-refractivity contribution >= 4 is 28.7 Å². The van der Waals surface area contributed by atoms with E-state index in [0.29, 0.717) is 6.07 Å². The topological polar surface area (TPSA) is 70.0 Å². The molecule has 8 heteroatoms. The summed E-state index contributed by atoms with van der Waals surface area (Å²) in [6.45, 7) is 0. The third kappa shape index (κ3) is 3.32. The fourth-order valence-electron chi connectivity index (χ4n) is 1.66. The minimum Gasteiger partial charge on any atom is -0.319 e. The van der Waals surface area contributed by atoms with Crippen molar-refractivity contribution in [2.24, 2.45) is 0 Å². The SMILES string of the molecule is N#Cc1ccc(NC(=O)C(=O)c2cccs2)cc1C(F)(F)F. The summed E-state index contributed by atoms with van der Waals surface area (Å²) >= 11 is 1.05. The zero-order valence-corrected chi connectivity index (χ0v) is 11.6. The zero-order chi connectivity index (χ0) is 16.3. The van der Waals surface area contributed by atoms with E-state index in [1.54, 1.807) is 11.4 Å². The molecule has 0 bridgehead atoms. The van der Waals surface area contributed by atoms with Gasteiger partial charge in [0, 0.05) is 5.69 Å². The average molecular weight is 324 g/mol. The van der Waals surface area contributed by atoms with Crippen molar-refractivity contribution in [2.75, 3.05) is 5.32 Å². The number of alkyl halides is 3. The number of halogens is 3. The molecule has 0 aliphatic heterocycles. The first kappa shape index (κ1) is 15.7. The molecule has 0 atom stereocenters. The van der Waals surface area contributed by atoms with Crippen molar-refractivity contribution < 1.29 is 22.8 Å². The summed E-state index contributed by atoms with van der Waals surface area (Å²) in [5, 5.41) is 12.4. The van der Waals surface area contributed by atoms with Gasteiger partial charge in [-0.05, 0) is 29.6 Å². The second-order valence-electron chi connectivity index (χ2n) is 4.13. The smallest absolute Gasteiger partial charge is 0.319 e. The summed E-state index contributed by atoms with van der Waals surface area (Å²) in [6, 6.07) is 7.14. The minimum atomic E-state index is -4.73. The Labute approximate surface area is 126 Å². The van der Waals surface area contributed by atoms with Gasteiger partial charge in [0.05, 0.1) is 22.1 Å². The molecule has 0 unspecified atom stereocenters. The molecule has 1 amide bonds. The maximum atomic E-state index is 12.8. The van der Waals surface area contributed by atoms with Crippen LogP contribution in [0, 0.1) is 11.3 Å². The van der Waals surface area contributed by atoms with E-state index in [0.717, 1.165) is 23.5 Å². The van der Waals surface area contributed by atoms with Crippen LogP contribution in [0.15, 0.2) is 35.7 Å². The van der Waals surface area contributed by atoms with Crippen molar-refractivity contribution in [1.29, 1.82) is 5.26 Å². The van der Waals surface area contributed by atoms with Crippen molar-refractivity contribution in [3.05, 3.63) is 51.7 Å². The largest absolute Gasteiger partial charge is 0.417 e. The van der Waals surface area contributed by atoms with Crippen LogP contribution in [0.1, 0.15) is 20.8 Å². The third-order valence-corrected chi connectivity index (χ3v) is 3.52. The number of benzene rings is 1. The molecule has 1 aromatic carbocycles.